The van der Waals surface area contributed by atoms with Crippen LogP contribution in [0.4, 0.5) is 0 Å². The Kier molecular flexibility index (Phi) is 11.9. The van der Waals surface area contributed by atoms with E-state index >= 15 is 0 Å². The molecule has 3 rings (SSSR count). The normalized spacial score (nSPS) is 13.1. The molecule has 1 aromatic heterocycles. The monoisotopic (exact) mass is 542 g/mol. The van der Waals surface area contributed by atoms with Crippen LogP contribution in [0.15, 0.2) is 79.1 Å². The minimum Gasteiger partial charge on any atom is -0.350 e. The van der Waals surface area contributed by atoms with Crippen molar-refractivity contribution in [1.29, 1.82) is 0 Å². The van der Waals surface area contributed by atoms with E-state index < -0.39 is 17.6 Å². The van der Waals surface area contributed by atoms with Crippen molar-refractivity contribution >= 4 is 11.8 Å². The zero-order valence-corrected chi connectivity index (χ0v) is 24.7. The second-order valence-electron chi connectivity index (χ2n) is 12.1. The van der Waals surface area contributed by atoms with Gasteiger partial charge in [0.1, 0.15) is 6.04 Å². The van der Waals surface area contributed by atoms with Crippen molar-refractivity contribution < 1.29 is 9.59 Å². The molecule has 2 aromatic carbocycles. The van der Waals surface area contributed by atoms with Gasteiger partial charge in [-0.25, -0.2) is 0 Å². The average Bonchev–Trinajstić information content (AvgIpc) is 2.91. The molecule has 0 spiro atoms. The van der Waals surface area contributed by atoms with Crippen molar-refractivity contribution in [1.82, 2.24) is 20.9 Å². The molecule has 1 heterocycles. The zero-order valence-electron chi connectivity index (χ0n) is 24.7. The highest BCUT2D eigenvalue weighted by Gasteiger charge is 2.28. The van der Waals surface area contributed by atoms with Gasteiger partial charge in [0.2, 0.25) is 11.8 Å². The predicted molar refractivity (Wildman–Crippen MR) is 163 cm³/mol. The Labute approximate surface area is 240 Å². The number of hydrogen-bond donors (Lipinski definition) is 3. The molecule has 0 saturated carbocycles. The highest BCUT2D eigenvalue weighted by molar-refractivity contribution is 5.90. The Morgan fingerprint density at radius 2 is 1.35 bits per heavy atom. The van der Waals surface area contributed by atoms with Gasteiger partial charge in [0.15, 0.2) is 0 Å². The Morgan fingerprint density at radius 3 is 1.95 bits per heavy atom. The lowest BCUT2D eigenvalue weighted by Gasteiger charge is -2.27. The molecule has 6 heteroatoms. The summed E-state index contributed by atoms with van der Waals surface area (Å²) >= 11 is 0. The van der Waals surface area contributed by atoms with Crippen molar-refractivity contribution in [2.75, 3.05) is 6.54 Å². The number of aryl methyl sites for hydroxylation is 2. The number of hydrogen-bond acceptors (Lipinski definition) is 4. The molecular formula is C34H46N4O2. The van der Waals surface area contributed by atoms with E-state index in [1.807, 2.05) is 39.0 Å². The fraction of sp³-hybridized carbons (Fsp3) is 0.441. The first-order valence-corrected chi connectivity index (χ1v) is 14.5. The van der Waals surface area contributed by atoms with Crippen LogP contribution in [0, 0.1) is 5.92 Å². The second kappa shape index (κ2) is 15.3. The Morgan fingerprint density at radius 1 is 0.750 bits per heavy atom. The van der Waals surface area contributed by atoms with E-state index in [0.717, 1.165) is 36.9 Å². The van der Waals surface area contributed by atoms with Crippen molar-refractivity contribution in [3.8, 4) is 0 Å². The number of aromatic nitrogens is 1. The fourth-order valence-corrected chi connectivity index (χ4v) is 4.51. The summed E-state index contributed by atoms with van der Waals surface area (Å²) in [4.78, 5) is 31.2. The van der Waals surface area contributed by atoms with E-state index in [0.29, 0.717) is 18.8 Å². The summed E-state index contributed by atoms with van der Waals surface area (Å²) in [5, 5.41) is 9.55. The summed E-state index contributed by atoms with van der Waals surface area (Å²) in [6.07, 6.45) is 7.32. The van der Waals surface area contributed by atoms with Crippen LogP contribution >= 0.6 is 0 Å². The number of carbonyl (C=O) groups excluding carboxylic acids is 2. The standard InChI is InChI=1S/C34H46N4O2/c1-25(2)19-21-36-30(23-29-12-9-20-35-24-29)32(39)37-31(33(40)38-34(3,4)5)22-28-17-15-27(16-18-28)14-13-26-10-7-6-8-11-26/h6-12,15-18,20,24-25,30-31,36H,13-14,19,21-23H2,1-5H3,(H,37,39)(H,38,40). The number of rotatable bonds is 14. The SMILES string of the molecule is CC(C)CCNC(Cc1cccnc1)C(=O)NC(Cc1ccc(CCc2ccccc2)cc1)C(=O)NC(C)(C)C. The van der Waals surface area contributed by atoms with Gasteiger partial charge in [0.25, 0.3) is 0 Å². The number of pyridine rings is 1. The van der Waals surface area contributed by atoms with Gasteiger partial charge in [-0.15, -0.1) is 0 Å². The van der Waals surface area contributed by atoms with Gasteiger partial charge in [-0.3, -0.25) is 14.6 Å². The van der Waals surface area contributed by atoms with Gasteiger partial charge < -0.3 is 16.0 Å². The third-order valence-corrected chi connectivity index (χ3v) is 6.73. The lowest BCUT2D eigenvalue weighted by atomic mass is 9.99. The van der Waals surface area contributed by atoms with Crippen molar-refractivity contribution in [2.24, 2.45) is 5.92 Å². The maximum absolute atomic E-state index is 13.6. The van der Waals surface area contributed by atoms with Crippen LogP contribution in [0.1, 0.15) is 63.3 Å². The van der Waals surface area contributed by atoms with E-state index in [1.165, 1.54) is 11.1 Å². The number of benzene rings is 2. The number of nitrogens with one attached hydrogen (secondary N) is 3. The molecule has 214 valence electrons. The lowest BCUT2D eigenvalue weighted by molar-refractivity contribution is -0.130. The van der Waals surface area contributed by atoms with Gasteiger partial charge in [-0.05, 0) is 87.2 Å². The van der Waals surface area contributed by atoms with E-state index in [2.05, 4.69) is 83.3 Å². The maximum Gasteiger partial charge on any atom is 0.243 e. The quantitative estimate of drug-likeness (QED) is 0.266. The first-order valence-electron chi connectivity index (χ1n) is 14.5. The summed E-state index contributed by atoms with van der Waals surface area (Å²) < 4.78 is 0. The van der Waals surface area contributed by atoms with Crippen molar-refractivity contribution in [3.05, 3.63) is 101 Å². The lowest BCUT2D eigenvalue weighted by Crippen LogP contribution is -2.56. The van der Waals surface area contributed by atoms with E-state index in [4.69, 9.17) is 0 Å². The van der Waals surface area contributed by atoms with Crippen LogP contribution in [0.5, 0.6) is 0 Å². The van der Waals surface area contributed by atoms with Crippen molar-refractivity contribution in [3.63, 3.8) is 0 Å². The third-order valence-electron chi connectivity index (χ3n) is 6.73. The van der Waals surface area contributed by atoms with E-state index in [-0.39, 0.29) is 11.8 Å². The molecule has 3 N–H and O–H groups in total. The molecule has 0 aliphatic carbocycles. The van der Waals surface area contributed by atoms with Crippen LogP contribution in [-0.4, -0.2) is 41.0 Å². The highest BCUT2D eigenvalue weighted by atomic mass is 16.2. The molecule has 0 aliphatic rings. The average molecular weight is 543 g/mol. The Balaban J connectivity index is 1.71. The summed E-state index contributed by atoms with van der Waals surface area (Å²) in [6, 6.07) is 21.5. The second-order valence-corrected chi connectivity index (χ2v) is 12.1. The zero-order chi connectivity index (χ0) is 29.0. The van der Waals surface area contributed by atoms with Crippen LogP contribution in [0.25, 0.3) is 0 Å². The van der Waals surface area contributed by atoms with Gasteiger partial charge in [-0.1, -0.05) is 74.5 Å². The van der Waals surface area contributed by atoms with Crippen LogP contribution in [0.2, 0.25) is 0 Å². The minimum atomic E-state index is -0.690. The van der Waals surface area contributed by atoms with Gasteiger partial charge in [0, 0.05) is 24.4 Å². The molecular weight excluding hydrogens is 496 g/mol. The number of nitrogens with zero attached hydrogens (tertiary/aromatic N) is 1. The predicted octanol–water partition coefficient (Wildman–Crippen LogP) is 5.06. The molecule has 6 nitrogen and oxygen atoms in total. The maximum atomic E-state index is 13.6. The van der Waals surface area contributed by atoms with E-state index in [1.54, 1.807) is 12.4 Å². The van der Waals surface area contributed by atoms with Crippen molar-refractivity contribution in [2.45, 2.75) is 84.3 Å². The molecule has 2 unspecified atom stereocenters. The molecule has 0 saturated heterocycles. The minimum absolute atomic E-state index is 0.179. The fourth-order valence-electron chi connectivity index (χ4n) is 4.51. The van der Waals surface area contributed by atoms with E-state index in [9.17, 15) is 9.59 Å². The van der Waals surface area contributed by atoms with Crippen LogP contribution in [-0.2, 0) is 35.3 Å². The van der Waals surface area contributed by atoms with Gasteiger partial charge in [0.05, 0.1) is 6.04 Å². The molecule has 40 heavy (non-hydrogen) atoms. The van der Waals surface area contributed by atoms with Gasteiger partial charge >= 0.3 is 0 Å². The molecule has 0 fully saturated rings. The molecule has 3 aromatic rings. The number of carbonyl (C=O) groups is 2. The molecule has 0 aliphatic heterocycles. The number of amides is 2. The highest BCUT2D eigenvalue weighted by Crippen LogP contribution is 2.13. The largest absolute Gasteiger partial charge is 0.350 e. The first-order chi connectivity index (χ1) is 19.1. The van der Waals surface area contributed by atoms with Crippen LogP contribution in [0.3, 0.4) is 0 Å². The summed E-state index contributed by atoms with van der Waals surface area (Å²) in [7, 11) is 0. The Hall–Kier alpha value is -3.51. The summed E-state index contributed by atoms with van der Waals surface area (Å²) in [5.74, 6) is 0.160. The Bertz CT molecular complexity index is 1170. The topological polar surface area (TPSA) is 83.1 Å². The van der Waals surface area contributed by atoms with Gasteiger partial charge in [-0.2, -0.15) is 0 Å². The summed E-state index contributed by atoms with van der Waals surface area (Å²) in [5.41, 5.74) is 4.14. The smallest absolute Gasteiger partial charge is 0.243 e. The molecule has 0 radical (unpaired) electrons. The third kappa shape index (κ3) is 11.3. The summed E-state index contributed by atoms with van der Waals surface area (Å²) in [6.45, 7) is 10.9. The molecule has 0 bridgehead atoms. The molecule has 2 amide bonds. The first kappa shape index (κ1) is 31.0. The van der Waals surface area contributed by atoms with Crippen LogP contribution < -0.4 is 16.0 Å². The molecule has 2 atom stereocenters.